The van der Waals surface area contributed by atoms with Crippen LogP contribution in [0.4, 0.5) is 0 Å². The van der Waals surface area contributed by atoms with Crippen molar-refractivity contribution in [3.8, 4) is 11.4 Å². The topological polar surface area (TPSA) is 52.8 Å². The van der Waals surface area contributed by atoms with Gasteiger partial charge in [-0.2, -0.15) is 4.68 Å². The van der Waals surface area contributed by atoms with Crippen molar-refractivity contribution in [2.45, 2.75) is 26.7 Å². The predicted octanol–water partition coefficient (Wildman–Crippen LogP) is 2.10. The highest BCUT2D eigenvalue weighted by atomic mass is 16.5. The summed E-state index contributed by atoms with van der Waals surface area (Å²) in [6, 6.07) is 6.04. The fraction of sp³-hybridized carbons (Fsp3) is 0.417. The highest BCUT2D eigenvalue weighted by Crippen LogP contribution is 2.24. The van der Waals surface area contributed by atoms with E-state index in [4.69, 9.17) is 4.74 Å². The Bertz CT molecular complexity index is 519. The molecule has 0 N–H and O–H groups in total. The highest BCUT2D eigenvalue weighted by Gasteiger charge is 2.09. The molecule has 0 saturated carbocycles. The second-order valence-electron chi connectivity index (χ2n) is 4.26. The summed E-state index contributed by atoms with van der Waals surface area (Å²) >= 11 is 0. The molecule has 0 amide bonds. The summed E-state index contributed by atoms with van der Waals surface area (Å²) in [5.74, 6) is 2.01. The smallest absolute Gasteiger partial charge is 0.153 e. The number of benzene rings is 1. The molecule has 1 heterocycles. The van der Waals surface area contributed by atoms with Gasteiger partial charge in [-0.15, -0.1) is 5.10 Å². The Kier molecular flexibility index (Phi) is 3.08. The van der Waals surface area contributed by atoms with E-state index in [1.807, 2.05) is 19.1 Å². The molecular formula is C12H16N4O. The van der Waals surface area contributed by atoms with Gasteiger partial charge in [0.1, 0.15) is 5.75 Å². The molecule has 1 aromatic carbocycles. The van der Waals surface area contributed by atoms with Crippen LogP contribution < -0.4 is 4.74 Å². The molecule has 0 atom stereocenters. The Labute approximate surface area is 100 Å². The fourth-order valence-electron chi connectivity index (χ4n) is 1.65. The van der Waals surface area contributed by atoms with E-state index >= 15 is 0 Å². The molecule has 90 valence electrons. The normalized spacial score (nSPS) is 10.9. The van der Waals surface area contributed by atoms with Crippen LogP contribution in [0, 0.1) is 6.92 Å². The van der Waals surface area contributed by atoms with E-state index in [-0.39, 0.29) is 0 Å². The molecule has 0 spiro atoms. The molecule has 5 heteroatoms. The van der Waals surface area contributed by atoms with Crippen molar-refractivity contribution in [2.75, 3.05) is 7.11 Å². The second kappa shape index (κ2) is 4.53. The first-order valence-corrected chi connectivity index (χ1v) is 5.56. The Morgan fingerprint density at radius 3 is 2.53 bits per heavy atom. The van der Waals surface area contributed by atoms with Crippen molar-refractivity contribution in [2.24, 2.45) is 0 Å². The monoisotopic (exact) mass is 232 g/mol. The molecule has 0 saturated heterocycles. The summed E-state index contributed by atoms with van der Waals surface area (Å²) in [5.41, 5.74) is 2.13. The van der Waals surface area contributed by atoms with Crippen molar-refractivity contribution in [1.29, 1.82) is 0 Å². The number of methoxy groups -OCH3 is 1. The van der Waals surface area contributed by atoms with Crippen LogP contribution in [0.15, 0.2) is 18.2 Å². The molecule has 0 radical (unpaired) electrons. The van der Waals surface area contributed by atoms with Crippen molar-refractivity contribution >= 4 is 0 Å². The Morgan fingerprint density at radius 2 is 2.00 bits per heavy atom. The van der Waals surface area contributed by atoms with E-state index in [1.54, 1.807) is 11.8 Å². The van der Waals surface area contributed by atoms with Crippen LogP contribution in [0.1, 0.15) is 31.2 Å². The van der Waals surface area contributed by atoms with Crippen LogP contribution >= 0.6 is 0 Å². The van der Waals surface area contributed by atoms with Crippen molar-refractivity contribution in [3.05, 3.63) is 29.6 Å². The van der Waals surface area contributed by atoms with Crippen LogP contribution in [0.3, 0.4) is 0 Å². The Balaban J connectivity index is 2.54. The predicted molar refractivity (Wildman–Crippen MR) is 64.5 cm³/mol. The SMILES string of the molecule is COc1cc(C(C)C)cc(-n2nnnc2C)c1. The van der Waals surface area contributed by atoms with Gasteiger partial charge in [0.2, 0.25) is 0 Å². The van der Waals surface area contributed by atoms with Gasteiger partial charge in [0.25, 0.3) is 0 Å². The molecule has 5 nitrogen and oxygen atoms in total. The van der Waals surface area contributed by atoms with E-state index in [2.05, 4.69) is 35.4 Å². The standard InChI is InChI=1S/C12H16N4O/c1-8(2)10-5-11(7-12(6-10)17-4)16-9(3)13-14-15-16/h5-8H,1-4H3. The third-order valence-electron chi connectivity index (χ3n) is 2.69. The van der Waals surface area contributed by atoms with E-state index in [9.17, 15) is 0 Å². The van der Waals surface area contributed by atoms with Gasteiger partial charge in [0.15, 0.2) is 5.82 Å². The average molecular weight is 232 g/mol. The van der Waals surface area contributed by atoms with E-state index < -0.39 is 0 Å². The number of aryl methyl sites for hydroxylation is 1. The number of nitrogens with zero attached hydrogens (tertiary/aromatic N) is 4. The number of hydrogen-bond acceptors (Lipinski definition) is 4. The molecular weight excluding hydrogens is 216 g/mol. The van der Waals surface area contributed by atoms with Gasteiger partial charge in [-0.1, -0.05) is 13.8 Å². The molecule has 17 heavy (non-hydrogen) atoms. The lowest BCUT2D eigenvalue weighted by Crippen LogP contribution is -2.02. The first-order chi connectivity index (χ1) is 8.11. The number of ether oxygens (including phenoxy) is 1. The summed E-state index contributed by atoms with van der Waals surface area (Å²) in [7, 11) is 1.66. The molecule has 0 aliphatic heterocycles. The molecule has 0 aliphatic carbocycles. The zero-order valence-corrected chi connectivity index (χ0v) is 10.5. The second-order valence-corrected chi connectivity index (χ2v) is 4.26. The van der Waals surface area contributed by atoms with Crippen LogP contribution in [0.5, 0.6) is 5.75 Å². The lowest BCUT2D eigenvalue weighted by atomic mass is 10.0. The van der Waals surface area contributed by atoms with Crippen LogP contribution in [0.2, 0.25) is 0 Å². The first-order valence-electron chi connectivity index (χ1n) is 5.56. The summed E-state index contributed by atoms with van der Waals surface area (Å²) in [6.07, 6.45) is 0. The summed E-state index contributed by atoms with van der Waals surface area (Å²) in [4.78, 5) is 0. The molecule has 2 rings (SSSR count). The number of rotatable bonds is 3. The third kappa shape index (κ3) is 2.27. The minimum Gasteiger partial charge on any atom is -0.497 e. The van der Waals surface area contributed by atoms with Gasteiger partial charge < -0.3 is 4.74 Å². The molecule has 0 unspecified atom stereocenters. The molecule has 0 aliphatic rings. The minimum atomic E-state index is 0.431. The molecule has 1 aromatic heterocycles. The zero-order valence-electron chi connectivity index (χ0n) is 10.5. The number of hydrogen-bond donors (Lipinski definition) is 0. The van der Waals surface area contributed by atoms with E-state index in [1.165, 1.54) is 5.56 Å². The van der Waals surface area contributed by atoms with Crippen LogP contribution in [-0.2, 0) is 0 Å². The lowest BCUT2D eigenvalue weighted by Gasteiger charge is -2.11. The van der Waals surface area contributed by atoms with E-state index in [0.717, 1.165) is 17.3 Å². The zero-order chi connectivity index (χ0) is 12.4. The van der Waals surface area contributed by atoms with Crippen LogP contribution in [0.25, 0.3) is 5.69 Å². The fourth-order valence-corrected chi connectivity index (χ4v) is 1.65. The third-order valence-corrected chi connectivity index (χ3v) is 2.69. The summed E-state index contributed by atoms with van der Waals surface area (Å²) in [5, 5.41) is 11.5. The van der Waals surface area contributed by atoms with E-state index in [0.29, 0.717) is 5.92 Å². The van der Waals surface area contributed by atoms with Crippen LogP contribution in [-0.4, -0.2) is 27.3 Å². The van der Waals surface area contributed by atoms with Gasteiger partial charge in [0.05, 0.1) is 12.8 Å². The highest BCUT2D eigenvalue weighted by molar-refractivity contribution is 5.44. The Morgan fingerprint density at radius 1 is 1.24 bits per heavy atom. The van der Waals surface area contributed by atoms with Gasteiger partial charge in [-0.25, -0.2) is 0 Å². The van der Waals surface area contributed by atoms with Gasteiger partial charge in [-0.05, 0) is 41.0 Å². The first kappa shape index (κ1) is 11.6. The maximum Gasteiger partial charge on any atom is 0.153 e. The average Bonchev–Trinajstić information content (AvgIpc) is 2.74. The summed E-state index contributed by atoms with van der Waals surface area (Å²) in [6.45, 7) is 6.16. The molecule has 0 fully saturated rings. The number of aromatic nitrogens is 4. The Hall–Kier alpha value is -1.91. The molecule has 0 bridgehead atoms. The van der Waals surface area contributed by atoms with Crippen molar-refractivity contribution in [1.82, 2.24) is 20.2 Å². The largest absolute Gasteiger partial charge is 0.497 e. The van der Waals surface area contributed by atoms with Crippen molar-refractivity contribution < 1.29 is 4.74 Å². The van der Waals surface area contributed by atoms with Gasteiger partial charge in [-0.3, -0.25) is 0 Å². The lowest BCUT2D eigenvalue weighted by molar-refractivity contribution is 0.413. The quantitative estimate of drug-likeness (QED) is 0.813. The maximum atomic E-state index is 5.30. The minimum absolute atomic E-state index is 0.431. The van der Waals surface area contributed by atoms with Crippen molar-refractivity contribution in [3.63, 3.8) is 0 Å². The summed E-state index contributed by atoms with van der Waals surface area (Å²) < 4.78 is 7.00. The number of tetrazole rings is 1. The van der Waals surface area contributed by atoms with Gasteiger partial charge >= 0.3 is 0 Å². The molecule has 2 aromatic rings. The maximum absolute atomic E-state index is 5.30. The van der Waals surface area contributed by atoms with Gasteiger partial charge in [0, 0.05) is 6.07 Å².